The van der Waals surface area contributed by atoms with Crippen molar-refractivity contribution in [3.63, 3.8) is 0 Å². The van der Waals surface area contributed by atoms with Gasteiger partial charge >= 0.3 is 12.2 Å². The number of anilines is 2. The first-order chi connectivity index (χ1) is 31.1. The van der Waals surface area contributed by atoms with Gasteiger partial charge in [-0.3, -0.25) is 23.9 Å². The molecule has 20 heteroatoms. The number of amides is 4. The topological polar surface area (TPSA) is 231 Å². The van der Waals surface area contributed by atoms with Crippen LogP contribution in [0.15, 0.2) is 65.6 Å². The van der Waals surface area contributed by atoms with E-state index in [1.54, 1.807) is 36.4 Å². The first-order valence-corrected chi connectivity index (χ1v) is 23.3. The van der Waals surface area contributed by atoms with Gasteiger partial charge in [0.25, 0.3) is 10.1 Å². The highest BCUT2D eigenvalue weighted by molar-refractivity contribution is 7.85. The van der Waals surface area contributed by atoms with E-state index in [2.05, 4.69) is 10.6 Å². The van der Waals surface area contributed by atoms with Gasteiger partial charge in [-0.15, -0.1) is 0 Å². The highest BCUT2D eigenvalue weighted by Gasteiger charge is 2.45. The molecule has 3 saturated heterocycles. The standard InChI is InChI=1S/C21H27FN2O5.C18H23FN2O5.C7H8O3S/c1-12(25)23-10-15-11-24(20(26)27-15)14-5-6-16(17(22)9-14)13-4-7-18-19(8-13)29-21(2,3)28-18;1-10(22)20-8-13-9-21(18(25)26-13)12-3-4-14(15(19)7-12)11-2-5-16(23)17(24)6-11;1-6-2-4-7(5-3-6)11(8,9)10/h5-6,9,13,15,18-19H,4,7-8,10-11H2,1-3H3,(H,23,25);3-4,7,11,13,16-17,23-24H,2,5-6,8-9H2,1H3,(H,20,22);2-5H,1H3,(H,8,9,10)/t13?,15-,18?,19-;11?,13-,16+,17-;/m00./s1. The molecule has 2 saturated carbocycles. The number of ether oxygens (including phenoxy) is 4. The number of rotatable bonds is 9. The molecule has 66 heavy (non-hydrogen) atoms. The maximum atomic E-state index is 15.0. The van der Waals surface area contributed by atoms with E-state index < -0.39 is 58.3 Å². The van der Waals surface area contributed by atoms with Gasteiger partial charge in [-0.1, -0.05) is 29.8 Å². The Morgan fingerprint density at radius 3 is 1.64 bits per heavy atom. The van der Waals surface area contributed by atoms with Gasteiger partial charge in [0.15, 0.2) is 5.79 Å². The second kappa shape index (κ2) is 21.1. The van der Waals surface area contributed by atoms with Gasteiger partial charge in [0.1, 0.15) is 23.8 Å². The number of benzene rings is 3. The molecule has 5 aliphatic rings. The molecule has 4 amide bonds. The van der Waals surface area contributed by atoms with Crippen LogP contribution >= 0.6 is 0 Å². The number of nitrogens with one attached hydrogen (secondary N) is 2. The van der Waals surface area contributed by atoms with Crippen molar-refractivity contribution >= 4 is 45.5 Å². The minimum Gasteiger partial charge on any atom is -0.442 e. The smallest absolute Gasteiger partial charge is 0.414 e. The zero-order chi connectivity index (χ0) is 48.1. The Bertz CT molecular complexity index is 2350. The Hall–Kier alpha value is -5.25. The van der Waals surface area contributed by atoms with E-state index in [9.17, 15) is 46.6 Å². The predicted molar refractivity (Wildman–Crippen MR) is 235 cm³/mol. The molecule has 8 atom stereocenters. The van der Waals surface area contributed by atoms with Crippen molar-refractivity contribution in [3.05, 3.63) is 89.0 Å². The van der Waals surface area contributed by atoms with Crippen LogP contribution in [0.25, 0.3) is 0 Å². The Morgan fingerprint density at radius 1 is 0.712 bits per heavy atom. The van der Waals surface area contributed by atoms with Gasteiger partial charge in [0, 0.05) is 13.8 Å². The average molecular weight is 945 g/mol. The third kappa shape index (κ3) is 13.0. The molecule has 2 aliphatic carbocycles. The number of hydrogen-bond donors (Lipinski definition) is 5. The van der Waals surface area contributed by atoms with E-state index in [0.29, 0.717) is 41.8 Å². The zero-order valence-electron chi connectivity index (χ0n) is 37.4. The Morgan fingerprint density at radius 2 is 1.18 bits per heavy atom. The monoisotopic (exact) mass is 944 g/mol. The summed E-state index contributed by atoms with van der Waals surface area (Å²) in [6.07, 6.45) is 0.113. The van der Waals surface area contributed by atoms with E-state index in [-0.39, 0.29) is 72.7 Å². The van der Waals surface area contributed by atoms with Crippen LogP contribution in [-0.4, -0.2) is 116 Å². The molecule has 5 fully saturated rings. The number of aryl methyl sites for hydroxylation is 1. The van der Waals surface area contributed by atoms with Crippen LogP contribution in [0.4, 0.5) is 29.7 Å². The van der Waals surface area contributed by atoms with Crippen LogP contribution in [0.1, 0.15) is 94.7 Å². The summed E-state index contributed by atoms with van der Waals surface area (Å²) in [4.78, 5) is 48.8. The summed E-state index contributed by atoms with van der Waals surface area (Å²) >= 11 is 0. The fourth-order valence-corrected chi connectivity index (χ4v) is 9.23. The fraction of sp³-hybridized carbons (Fsp3) is 0.522. The number of halogens is 2. The Kier molecular flexibility index (Phi) is 16.1. The summed E-state index contributed by atoms with van der Waals surface area (Å²) in [5.41, 5.74) is 2.91. The van der Waals surface area contributed by atoms with Gasteiger partial charge < -0.3 is 39.8 Å². The molecule has 3 aliphatic heterocycles. The summed E-state index contributed by atoms with van der Waals surface area (Å²) in [6, 6.07) is 15.4. The molecule has 360 valence electrons. The maximum Gasteiger partial charge on any atom is 0.414 e. The summed E-state index contributed by atoms with van der Waals surface area (Å²) in [6.45, 7) is 9.38. The Balaban J connectivity index is 0.000000179. The number of aliphatic hydroxyl groups excluding tert-OH is 2. The van der Waals surface area contributed by atoms with E-state index in [1.807, 2.05) is 20.8 Å². The van der Waals surface area contributed by atoms with E-state index in [1.165, 1.54) is 47.9 Å². The minimum absolute atomic E-state index is 0.0223. The summed E-state index contributed by atoms with van der Waals surface area (Å²) in [5, 5.41) is 24.6. The molecule has 0 radical (unpaired) electrons. The molecule has 3 aromatic rings. The lowest BCUT2D eigenvalue weighted by Gasteiger charge is -2.30. The van der Waals surface area contributed by atoms with E-state index in [4.69, 9.17) is 23.5 Å². The molecule has 8 rings (SSSR count). The van der Waals surface area contributed by atoms with Crippen LogP contribution in [0.3, 0.4) is 0 Å². The van der Waals surface area contributed by atoms with Crippen molar-refractivity contribution in [1.29, 1.82) is 0 Å². The second-order valence-electron chi connectivity index (χ2n) is 17.7. The lowest BCUT2D eigenvalue weighted by atomic mass is 9.81. The quantitative estimate of drug-likeness (QED) is 0.165. The number of cyclic esters (lactones) is 2. The van der Waals surface area contributed by atoms with Gasteiger partial charge in [-0.05, 0) is 119 Å². The maximum absolute atomic E-state index is 15.0. The predicted octanol–water partition coefficient (Wildman–Crippen LogP) is 5.59. The molecule has 0 bridgehead atoms. The lowest BCUT2D eigenvalue weighted by Crippen LogP contribution is -2.33. The van der Waals surface area contributed by atoms with Gasteiger partial charge in [0.05, 0.1) is 66.9 Å². The highest BCUT2D eigenvalue weighted by Crippen LogP contribution is 2.44. The Labute approximate surface area is 382 Å². The van der Waals surface area contributed by atoms with Gasteiger partial charge in [-0.25, -0.2) is 18.4 Å². The largest absolute Gasteiger partial charge is 0.442 e. The van der Waals surface area contributed by atoms with Crippen molar-refractivity contribution in [3.8, 4) is 0 Å². The zero-order valence-corrected chi connectivity index (χ0v) is 38.3. The molecule has 0 aromatic heterocycles. The van der Waals surface area contributed by atoms with Crippen molar-refractivity contribution in [2.24, 2.45) is 0 Å². The number of nitrogens with zero attached hydrogens (tertiary/aromatic N) is 2. The third-order valence-corrected chi connectivity index (χ3v) is 12.9. The number of fused-ring (bicyclic) bond motifs is 1. The van der Waals surface area contributed by atoms with Gasteiger partial charge in [-0.2, -0.15) is 8.42 Å². The summed E-state index contributed by atoms with van der Waals surface area (Å²) in [5.74, 6) is -1.88. The van der Waals surface area contributed by atoms with Gasteiger partial charge in [0.2, 0.25) is 11.8 Å². The number of hydrogen-bond acceptors (Lipinski definition) is 12. The van der Waals surface area contributed by atoms with Crippen LogP contribution < -0.4 is 20.4 Å². The number of carbonyl (C=O) groups excluding carboxylic acids is 4. The van der Waals surface area contributed by atoms with Crippen LogP contribution in [0, 0.1) is 18.6 Å². The highest BCUT2D eigenvalue weighted by atomic mass is 32.2. The molecule has 3 unspecified atom stereocenters. The lowest BCUT2D eigenvalue weighted by molar-refractivity contribution is -0.145. The van der Waals surface area contributed by atoms with Crippen LogP contribution in [0.5, 0.6) is 0 Å². The molecule has 5 N–H and O–H groups in total. The van der Waals surface area contributed by atoms with Crippen molar-refractivity contribution in [1.82, 2.24) is 10.6 Å². The third-order valence-electron chi connectivity index (χ3n) is 12.1. The SMILES string of the molecule is CC(=O)NC[C@H]1CN(c2ccc(C3CCC4OC(C)(C)O[C@H]4C3)c(F)c2)C(=O)O1.CC(=O)NC[C@H]1CN(c2ccc(C3CC[C@@H](O)[C@@H](O)C3)c(F)c2)C(=O)O1.Cc1ccc(S(=O)(=O)O)cc1. The molecule has 0 spiro atoms. The number of aliphatic hydroxyl groups is 2. The molecular weight excluding hydrogens is 887 g/mol. The second-order valence-corrected chi connectivity index (χ2v) is 19.1. The van der Waals surface area contributed by atoms with Crippen molar-refractivity contribution in [2.75, 3.05) is 36.0 Å². The number of carbonyl (C=O) groups is 4. The normalized spacial score (nSPS) is 26.8. The summed E-state index contributed by atoms with van der Waals surface area (Å²) < 4.78 is 81.4. The summed E-state index contributed by atoms with van der Waals surface area (Å²) in [7, 11) is -4.02. The average Bonchev–Trinajstić information content (AvgIpc) is 3.92. The van der Waals surface area contributed by atoms with Crippen LogP contribution in [-0.2, 0) is 38.7 Å². The molecular formula is C46H58F2N4O13S. The molecule has 3 aromatic carbocycles. The fourth-order valence-electron chi connectivity index (χ4n) is 8.75. The van der Waals surface area contributed by atoms with Crippen molar-refractivity contribution < 1.29 is 70.1 Å². The van der Waals surface area contributed by atoms with Crippen molar-refractivity contribution in [2.45, 2.75) is 132 Å². The molecule has 3 heterocycles. The van der Waals surface area contributed by atoms with Crippen LogP contribution in [0.2, 0.25) is 0 Å². The minimum atomic E-state index is -4.02. The van der Waals surface area contributed by atoms with E-state index >= 15 is 0 Å². The molecule has 17 nitrogen and oxygen atoms in total. The first kappa shape index (κ1) is 50.2. The van der Waals surface area contributed by atoms with E-state index in [0.717, 1.165) is 24.8 Å². The first-order valence-electron chi connectivity index (χ1n) is 21.9.